The van der Waals surface area contributed by atoms with Crippen LogP contribution in [0.15, 0.2) is 40.9 Å². The summed E-state index contributed by atoms with van der Waals surface area (Å²) in [6, 6.07) is 10.4. The van der Waals surface area contributed by atoms with Crippen LogP contribution in [-0.2, 0) is 6.42 Å². The van der Waals surface area contributed by atoms with Gasteiger partial charge in [0.25, 0.3) is 5.69 Å². The molecule has 19 heavy (non-hydrogen) atoms. The third-order valence-electron chi connectivity index (χ3n) is 2.72. The van der Waals surface area contributed by atoms with Crippen LogP contribution in [0.1, 0.15) is 11.1 Å². The number of nitro benzene ring substituents is 1. The van der Waals surface area contributed by atoms with Crippen molar-refractivity contribution in [1.82, 2.24) is 0 Å². The first kappa shape index (κ1) is 13.8. The van der Waals surface area contributed by atoms with Crippen molar-refractivity contribution in [3.63, 3.8) is 0 Å². The molecule has 2 aromatic carbocycles. The van der Waals surface area contributed by atoms with Crippen LogP contribution >= 0.6 is 27.5 Å². The van der Waals surface area contributed by atoms with Gasteiger partial charge in [0.15, 0.2) is 0 Å². The van der Waals surface area contributed by atoms with Gasteiger partial charge >= 0.3 is 0 Å². The van der Waals surface area contributed by atoms with Crippen LogP contribution in [-0.4, -0.2) is 4.92 Å². The zero-order chi connectivity index (χ0) is 14.0. The Labute approximate surface area is 123 Å². The van der Waals surface area contributed by atoms with Crippen molar-refractivity contribution in [2.75, 3.05) is 5.73 Å². The van der Waals surface area contributed by atoms with Crippen LogP contribution in [0.25, 0.3) is 0 Å². The van der Waals surface area contributed by atoms with E-state index in [1.807, 2.05) is 24.3 Å². The molecular formula is C13H10BrClN2O2. The molecule has 0 radical (unpaired) electrons. The van der Waals surface area contributed by atoms with Crippen molar-refractivity contribution in [2.45, 2.75) is 6.42 Å². The minimum Gasteiger partial charge on any atom is -0.398 e. The number of nitrogen functional groups attached to an aromatic ring is 1. The summed E-state index contributed by atoms with van der Waals surface area (Å²) in [6.07, 6.45) is 0.395. The lowest BCUT2D eigenvalue weighted by atomic mass is 10.0. The Morgan fingerprint density at radius 3 is 2.47 bits per heavy atom. The summed E-state index contributed by atoms with van der Waals surface area (Å²) < 4.78 is 0.954. The molecule has 0 bridgehead atoms. The predicted octanol–water partition coefficient (Wildman–Crippen LogP) is 4.18. The molecular weight excluding hydrogens is 332 g/mol. The monoisotopic (exact) mass is 340 g/mol. The molecule has 0 fully saturated rings. The highest BCUT2D eigenvalue weighted by Gasteiger charge is 2.18. The average molecular weight is 342 g/mol. The van der Waals surface area contributed by atoms with E-state index in [-0.39, 0.29) is 10.7 Å². The summed E-state index contributed by atoms with van der Waals surface area (Å²) in [4.78, 5) is 10.6. The SMILES string of the molecule is Nc1cc(Cl)cc([N+](=O)[O-])c1Cc1ccc(Br)cc1. The summed E-state index contributed by atoms with van der Waals surface area (Å²) in [6.45, 7) is 0. The highest BCUT2D eigenvalue weighted by molar-refractivity contribution is 9.10. The van der Waals surface area contributed by atoms with Crippen LogP contribution < -0.4 is 5.73 Å². The third-order valence-corrected chi connectivity index (χ3v) is 3.46. The zero-order valence-corrected chi connectivity index (χ0v) is 12.1. The van der Waals surface area contributed by atoms with E-state index in [0.717, 1.165) is 10.0 Å². The standard InChI is InChI=1S/C13H10BrClN2O2/c14-9-3-1-8(2-4-9)5-11-12(16)6-10(15)7-13(11)17(18)19/h1-4,6-7H,5,16H2. The van der Waals surface area contributed by atoms with Gasteiger partial charge in [-0.15, -0.1) is 0 Å². The van der Waals surface area contributed by atoms with Gasteiger partial charge in [-0.2, -0.15) is 0 Å². The fraction of sp³-hybridized carbons (Fsp3) is 0.0769. The molecule has 0 amide bonds. The molecule has 0 spiro atoms. The normalized spacial score (nSPS) is 10.4. The summed E-state index contributed by atoms with van der Waals surface area (Å²) in [5.74, 6) is 0. The minimum absolute atomic E-state index is 0.0482. The Morgan fingerprint density at radius 1 is 1.26 bits per heavy atom. The van der Waals surface area contributed by atoms with Gasteiger partial charge in [-0.3, -0.25) is 10.1 Å². The van der Waals surface area contributed by atoms with Gasteiger partial charge in [-0.25, -0.2) is 0 Å². The molecule has 0 aliphatic carbocycles. The van der Waals surface area contributed by atoms with Crippen LogP contribution in [0, 0.1) is 10.1 Å². The first-order valence-electron chi connectivity index (χ1n) is 5.44. The number of nitrogens with zero attached hydrogens (tertiary/aromatic N) is 1. The van der Waals surface area contributed by atoms with Gasteiger partial charge in [-0.1, -0.05) is 39.7 Å². The van der Waals surface area contributed by atoms with E-state index in [2.05, 4.69) is 15.9 Å². The quantitative estimate of drug-likeness (QED) is 0.517. The van der Waals surface area contributed by atoms with E-state index in [4.69, 9.17) is 17.3 Å². The molecule has 0 aromatic heterocycles. The predicted molar refractivity (Wildman–Crippen MR) is 79.5 cm³/mol. The zero-order valence-electron chi connectivity index (χ0n) is 9.77. The maximum Gasteiger partial charge on any atom is 0.276 e. The first-order valence-corrected chi connectivity index (χ1v) is 6.61. The number of hydrogen-bond donors (Lipinski definition) is 1. The highest BCUT2D eigenvalue weighted by atomic mass is 79.9. The molecule has 0 heterocycles. The summed E-state index contributed by atoms with van der Waals surface area (Å²) in [5, 5.41) is 11.3. The fourth-order valence-corrected chi connectivity index (χ4v) is 2.29. The fourth-order valence-electron chi connectivity index (χ4n) is 1.80. The Morgan fingerprint density at radius 2 is 1.89 bits per heavy atom. The number of nitrogens with two attached hydrogens (primary N) is 1. The molecule has 0 unspecified atom stereocenters. The lowest BCUT2D eigenvalue weighted by molar-refractivity contribution is -0.385. The number of rotatable bonds is 3. The number of halogens is 2. The maximum atomic E-state index is 11.1. The van der Waals surface area contributed by atoms with Crippen LogP contribution in [0.4, 0.5) is 11.4 Å². The Hall–Kier alpha value is -1.59. The van der Waals surface area contributed by atoms with Gasteiger partial charge in [-0.05, 0) is 23.8 Å². The van der Waals surface area contributed by atoms with E-state index in [9.17, 15) is 10.1 Å². The van der Waals surface area contributed by atoms with Crippen molar-refractivity contribution >= 4 is 38.9 Å². The molecule has 0 atom stereocenters. The van der Waals surface area contributed by atoms with Crippen molar-refractivity contribution in [2.24, 2.45) is 0 Å². The van der Waals surface area contributed by atoms with Crippen LogP contribution in [0.3, 0.4) is 0 Å². The van der Waals surface area contributed by atoms with Crippen molar-refractivity contribution in [1.29, 1.82) is 0 Å². The second-order valence-electron chi connectivity index (χ2n) is 4.05. The Bertz CT molecular complexity index is 629. The molecule has 0 saturated heterocycles. The topological polar surface area (TPSA) is 69.2 Å². The van der Waals surface area contributed by atoms with E-state index < -0.39 is 4.92 Å². The van der Waals surface area contributed by atoms with E-state index in [1.165, 1.54) is 12.1 Å². The number of benzene rings is 2. The van der Waals surface area contributed by atoms with Gasteiger partial charge in [0.2, 0.25) is 0 Å². The highest BCUT2D eigenvalue weighted by Crippen LogP contribution is 2.31. The number of nitro groups is 1. The Kier molecular flexibility index (Phi) is 4.07. The molecule has 0 aliphatic rings. The van der Waals surface area contributed by atoms with Gasteiger partial charge < -0.3 is 5.73 Å². The number of hydrogen-bond acceptors (Lipinski definition) is 3. The van der Waals surface area contributed by atoms with E-state index in [0.29, 0.717) is 17.7 Å². The lowest BCUT2D eigenvalue weighted by Gasteiger charge is -2.08. The summed E-state index contributed by atoms with van der Waals surface area (Å²) >= 11 is 9.14. The lowest BCUT2D eigenvalue weighted by Crippen LogP contribution is -2.02. The third kappa shape index (κ3) is 3.24. The summed E-state index contributed by atoms with van der Waals surface area (Å²) in [7, 11) is 0. The molecule has 2 aromatic rings. The van der Waals surface area contributed by atoms with Crippen LogP contribution in [0.5, 0.6) is 0 Å². The van der Waals surface area contributed by atoms with Crippen molar-refractivity contribution in [3.8, 4) is 0 Å². The largest absolute Gasteiger partial charge is 0.398 e. The summed E-state index contributed by atoms with van der Waals surface area (Å²) in [5.41, 5.74) is 7.55. The van der Waals surface area contributed by atoms with E-state index >= 15 is 0 Å². The molecule has 2 rings (SSSR count). The van der Waals surface area contributed by atoms with Crippen molar-refractivity contribution in [3.05, 3.63) is 67.1 Å². The smallest absolute Gasteiger partial charge is 0.276 e. The maximum absolute atomic E-state index is 11.1. The Balaban J connectivity index is 2.44. The van der Waals surface area contributed by atoms with Gasteiger partial charge in [0.05, 0.1) is 10.5 Å². The van der Waals surface area contributed by atoms with E-state index in [1.54, 1.807) is 0 Å². The first-order chi connectivity index (χ1) is 8.97. The number of anilines is 1. The van der Waals surface area contributed by atoms with Gasteiger partial charge in [0, 0.05) is 27.7 Å². The molecule has 0 aliphatic heterocycles. The van der Waals surface area contributed by atoms with Crippen molar-refractivity contribution < 1.29 is 4.92 Å². The molecule has 0 saturated carbocycles. The second-order valence-corrected chi connectivity index (χ2v) is 5.41. The molecule has 98 valence electrons. The van der Waals surface area contributed by atoms with Crippen LogP contribution in [0.2, 0.25) is 5.02 Å². The molecule has 2 N–H and O–H groups in total. The average Bonchev–Trinajstić information content (AvgIpc) is 2.34. The molecule has 4 nitrogen and oxygen atoms in total. The second kappa shape index (κ2) is 5.59. The molecule has 6 heteroatoms. The minimum atomic E-state index is -0.462. The van der Waals surface area contributed by atoms with Gasteiger partial charge in [0.1, 0.15) is 0 Å².